The summed E-state index contributed by atoms with van der Waals surface area (Å²) >= 11 is 5.93. The van der Waals surface area contributed by atoms with Gasteiger partial charge in [-0.3, -0.25) is 4.79 Å². The first-order chi connectivity index (χ1) is 9.43. The van der Waals surface area contributed by atoms with E-state index in [2.05, 4.69) is 24.5 Å². The molecule has 0 spiro atoms. The number of anilines is 1. The summed E-state index contributed by atoms with van der Waals surface area (Å²) in [7, 11) is 1.66. The van der Waals surface area contributed by atoms with Crippen LogP contribution in [0, 0.1) is 12.8 Å². The average Bonchev–Trinajstić information content (AvgIpc) is 2.38. The van der Waals surface area contributed by atoms with Crippen LogP contribution in [0.2, 0.25) is 5.02 Å². The Bertz CT molecular complexity index is 449. The predicted molar refractivity (Wildman–Crippen MR) is 83.3 cm³/mol. The summed E-state index contributed by atoms with van der Waals surface area (Å²) in [5.74, 6) is 0.313. The third kappa shape index (κ3) is 5.49. The van der Waals surface area contributed by atoms with Gasteiger partial charge in [-0.2, -0.15) is 0 Å². The highest BCUT2D eigenvalue weighted by atomic mass is 35.5. The van der Waals surface area contributed by atoms with Gasteiger partial charge >= 0.3 is 0 Å². The van der Waals surface area contributed by atoms with E-state index in [0.29, 0.717) is 17.5 Å². The number of benzene rings is 1. The molecule has 112 valence electrons. The molecule has 2 N–H and O–H groups in total. The van der Waals surface area contributed by atoms with Crippen molar-refractivity contribution in [1.82, 2.24) is 5.32 Å². The van der Waals surface area contributed by atoms with Crippen molar-refractivity contribution in [3.63, 3.8) is 0 Å². The van der Waals surface area contributed by atoms with E-state index in [9.17, 15) is 4.79 Å². The molecule has 1 atom stereocenters. The number of rotatable bonds is 7. The van der Waals surface area contributed by atoms with E-state index in [1.807, 2.05) is 13.0 Å². The summed E-state index contributed by atoms with van der Waals surface area (Å²) < 4.78 is 5.14. The minimum Gasteiger partial charge on any atom is -0.383 e. The summed E-state index contributed by atoms with van der Waals surface area (Å²) in [6.07, 6.45) is 0. The van der Waals surface area contributed by atoms with E-state index in [1.54, 1.807) is 19.2 Å². The maximum Gasteiger partial charge on any atom is 0.238 e. The highest BCUT2D eigenvalue weighted by Crippen LogP contribution is 2.19. The zero-order chi connectivity index (χ0) is 15.1. The van der Waals surface area contributed by atoms with Gasteiger partial charge in [0.2, 0.25) is 5.91 Å². The van der Waals surface area contributed by atoms with Crippen LogP contribution in [0.25, 0.3) is 0 Å². The number of hydrogen-bond acceptors (Lipinski definition) is 3. The van der Waals surface area contributed by atoms with Gasteiger partial charge in [-0.05, 0) is 30.5 Å². The Morgan fingerprint density at radius 1 is 1.40 bits per heavy atom. The summed E-state index contributed by atoms with van der Waals surface area (Å²) in [5, 5.41) is 6.67. The van der Waals surface area contributed by atoms with Crippen molar-refractivity contribution in [2.45, 2.75) is 26.8 Å². The van der Waals surface area contributed by atoms with Crippen LogP contribution in [0.5, 0.6) is 0 Å². The lowest BCUT2D eigenvalue weighted by Crippen LogP contribution is -2.42. The van der Waals surface area contributed by atoms with Crippen LogP contribution in [0.15, 0.2) is 18.2 Å². The Kier molecular flexibility index (Phi) is 6.99. The largest absolute Gasteiger partial charge is 0.383 e. The van der Waals surface area contributed by atoms with E-state index >= 15 is 0 Å². The quantitative estimate of drug-likeness (QED) is 0.814. The SMILES string of the molecule is COCC(NCC(=O)Nc1cc(Cl)ccc1C)C(C)C. The number of methoxy groups -OCH3 is 1. The molecule has 20 heavy (non-hydrogen) atoms. The smallest absolute Gasteiger partial charge is 0.238 e. The van der Waals surface area contributed by atoms with Crippen molar-refractivity contribution in [1.29, 1.82) is 0 Å². The van der Waals surface area contributed by atoms with Gasteiger partial charge < -0.3 is 15.4 Å². The molecule has 0 bridgehead atoms. The Morgan fingerprint density at radius 2 is 2.10 bits per heavy atom. The van der Waals surface area contributed by atoms with Gasteiger partial charge in [0.1, 0.15) is 0 Å². The first-order valence-electron chi connectivity index (χ1n) is 6.72. The van der Waals surface area contributed by atoms with E-state index in [4.69, 9.17) is 16.3 Å². The van der Waals surface area contributed by atoms with Crippen LogP contribution >= 0.6 is 11.6 Å². The van der Waals surface area contributed by atoms with Gasteiger partial charge in [-0.15, -0.1) is 0 Å². The molecule has 1 aromatic carbocycles. The van der Waals surface area contributed by atoms with Crippen molar-refractivity contribution >= 4 is 23.2 Å². The molecule has 0 aliphatic rings. The summed E-state index contributed by atoms with van der Waals surface area (Å²) in [4.78, 5) is 11.9. The highest BCUT2D eigenvalue weighted by molar-refractivity contribution is 6.31. The highest BCUT2D eigenvalue weighted by Gasteiger charge is 2.14. The van der Waals surface area contributed by atoms with Gasteiger partial charge in [0.25, 0.3) is 0 Å². The van der Waals surface area contributed by atoms with Gasteiger partial charge in [0.15, 0.2) is 0 Å². The lowest BCUT2D eigenvalue weighted by Gasteiger charge is -2.21. The lowest BCUT2D eigenvalue weighted by molar-refractivity contribution is -0.115. The molecule has 1 amide bonds. The number of amides is 1. The van der Waals surface area contributed by atoms with Crippen LogP contribution in [0.4, 0.5) is 5.69 Å². The molecule has 0 aliphatic heterocycles. The molecule has 0 aromatic heterocycles. The molecule has 0 aliphatic carbocycles. The summed E-state index contributed by atoms with van der Waals surface area (Å²) in [6.45, 7) is 6.95. The van der Waals surface area contributed by atoms with Crippen LogP contribution in [0.3, 0.4) is 0 Å². The standard InChI is InChI=1S/C15H23ClN2O2/c1-10(2)14(9-20-4)17-8-15(19)18-13-7-12(16)6-5-11(13)3/h5-7,10,14,17H,8-9H2,1-4H3,(H,18,19). The third-order valence-electron chi connectivity index (χ3n) is 3.15. The van der Waals surface area contributed by atoms with Crippen LogP contribution in [-0.2, 0) is 9.53 Å². The maximum absolute atomic E-state index is 11.9. The monoisotopic (exact) mass is 298 g/mol. The Labute approximate surface area is 125 Å². The van der Waals surface area contributed by atoms with Crippen molar-refractivity contribution in [3.05, 3.63) is 28.8 Å². The van der Waals surface area contributed by atoms with E-state index in [0.717, 1.165) is 11.3 Å². The molecule has 0 heterocycles. The second-order valence-corrected chi connectivity index (χ2v) is 5.63. The zero-order valence-corrected chi connectivity index (χ0v) is 13.3. The minimum absolute atomic E-state index is 0.0860. The fourth-order valence-corrected chi connectivity index (χ4v) is 1.99. The van der Waals surface area contributed by atoms with Gasteiger partial charge in [0.05, 0.1) is 13.2 Å². The number of ether oxygens (including phenoxy) is 1. The van der Waals surface area contributed by atoms with Crippen molar-refractivity contribution in [2.24, 2.45) is 5.92 Å². The summed E-state index contributed by atoms with van der Waals surface area (Å²) in [6, 6.07) is 5.60. The van der Waals surface area contributed by atoms with Crippen LogP contribution in [0.1, 0.15) is 19.4 Å². The second kappa shape index (κ2) is 8.25. The van der Waals surface area contributed by atoms with Crippen LogP contribution in [-0.4, -0.2) is 32.2 Å². The molecule has 5 heteroatoms. The second-order valence-electron chi connectivity index (χ2n) is 5.19. The van der Waals surface area contributed by atoms with Gasteiger partial charge in [-0.25, -0.2) is 0 Å². The van der Waals surface area contributed by atoms with Crippen molar-refractivity contribution < 1.29 is 9.53 Å². The fourth-order valence-electron chi connectivity index (χ4n) is 1.81. The molecule has 4 nitrogen and oxygen atoms in total. The third-order valence-corrected chi connectivity index (χ3v) is 3.38. The molecule has 0 radical (unpaired) electrons. The Hall–Kier alpha value is -1.10. The normalized spacial score (nSPS) is 12.5. The van der Waals surface area contributed by atoms with Crippen molar-refractivity contribution in [2.75, 3.05) is 25.6 Å². The van der Waals surface area contributed by atoms with Crippen LogP contribution < -0.4 is 10.6 Å². The predicted octanol–water partition coefficient (Wildman–Crippen LogP) is 2.85. The van der Waals surface area contributed by atoms with Gasteiger partial charge in [-0.1, -0.05) is 31.5 Å². The maximum atomic E-state index is 11.9. The zero-order valence-electron chi connectivity index (χ0n) is 12.5. The molecule has 1 aromatic rings. The first kappa shape index (κ1) is 17.0. The van der Waals surface area contributed by atoms with E-state index < -0.39 is 0 Å². The molecular weight excluding hydrogens is 276 g/mol. The Morgan fingerprint density at radius 3 is 2.70 bits per heavy atom. The molecule has 0 saturated heterocycles. The topological polar surface area (TPSA) is 50.4 Å². The average molecular weight is 299 g/mol. The van der Waals surface area contributed by atoms with E-state index in [-0.39, 0.29) is 18.5 Å². The molecule has 1 rings (SSSR count). The first-order valence-corrected chi connectivity index (χ1v) is 7.10. The molecular formula is C15H23ClN2O2. The summed E-state index contributed by atoms with van der Waals surface area (Å²) in [5.41, 5.74) is 1.73. The molecule has 1 unspecified atom stereocenters. The molecule has 0 fully saturated rings. The number of carbonyl (C=O) groups excluding carboxylic acids is 1. The Balaban J connectivity index is 2.53. The number of halogens is 1. The van der Waals surface area contributed by atoms with Crippen molar-refractivity contribution in [3.8, 4) is 0 Å². The minimum atomic E-state index is -0.0860. The lowest BCUT2D eigenvalue weighted by atomic mass is 10.1. The number of nitrogens with one attached hydrogen (secondary N) is 2. The van der Waals surface area contributed by atoms with E-state index in [1.165, 1.54) is 0 Å². The fraction of sp³-hybridized carbons (Fsp3) is 0.533. The molecule has 0 saturated carbocycles. The number of aryl methyl sites for hydroxylation is 1. The number of carbonyl (C=O) groups is 1. The van der Waals surface area contributed by atoms with Gasteiger partial charge in [0, 0.05) is 23.9 Å². The number of hydrogen-bond donors (Lipinski definition) is 2.